The van der Waals surface area contributed by atoms with Gasteiger partial charge in [0.15, 0.2) is 6.10 Å². The summed E-state index contributed by atoms with van der Waals surface area (Å²) < 4.78 is 16.8. The molecule has 0 aliphatic rings. The maximum absolute atomic E-state index is 12.8. The van der Waals surface area contributed by atoms with Crippen molar-refractivity contribution in [2.75, 3.05) is 13.2 Å². The third-order valence-corrected chi connectivity index (χ3v) is 11.9. The van der Waals surface area contributed by atoms with Gasteiger partial charge in [-0.1, -0.05) is 232 Å². The highest BCUT2D eigenvalue weighted by atomic mass is 16.6. The first-order valence-electron chi connectivity index (χ1n) is 29.0. The van der Waals surface area contributed by atoms with Crippen molar-refractivity contribution in [2.45, 2.75) is 258 Å². The van der Waals surface area contributed by atoms with E-state index in [4.69, 9.17) is 14.2 Å². The molecule has 0 amide bonds. The topological polar surface area (TPSA) is 78.9 Å². The van der Waals surface area contributed by atoms with Crippen LogP contribution in [0, 0.1) is 0 Å². The summed E-state index contributed by atoms with van der Waals surface area (Å²) in [5.41, 5.74) is 0. The molecule has 0 bridgehead atoms. The Kier molecular flexibility index (Phi) is 54.9. The molecule has 402 valence electrons. The van der Waals surface area contributed by atoms with Crippen LogP contribution in [0.1, 0.15) is 252 Å². The third kappa shape index (κ3) is 56.6. The third-order valence-electron chi connectivity index (χ3n) is 11.9. The molecule has 0 N–H and O–H groups in total. The van der Waals surface area contributed by atoms with E-state index in [1.54, 1.807) is 0 Å². The van der Waals surface area contributed by atoms with Crippen molar-refractivity contribution in [3.8, 4) is 0 Å². The molecule has 71 heavy (non-hydrogen) atoms. The number of carbonyl (C=O) groups excluding carboxylic acids is 3. The lowest BCUT2D eigenvalue weighted by Crippen LogP contribution is -2.30. The number of ether oxygens (including phenoxy) is 3. The molecule has 0 radical (unpaired) electrons. The van der Waals surface area contributed by atoms with Crippen molar-refractivity contribution < 1.29 is 28.6 Å². The van der Waals surface area contributed by atoms with Crippen LogP contribution in [-0.4, -0.2) is 37.2 Å². The highest BCUT2D eigenvalue weighted by Gasteiger charge is 2.19. The molecular weight excluding hydrogens is 877 g/mol. The minimum Gasteiger partial charge on any atom is -0.462 e. The molecule has 0 unspecified atom stereocenters. The van der Waals surface area contributed by atoms with Crippen LogP contribution in [0.3, 0.4) is 0 Å². The van der Waals surface area contributed by atoms with Gasteiger partial charge in [-0.3, -0.25) is 14.4 Å². The maximum atomic E-state index is 12.8. The Morgan fingerprint density at radius 2 is 0.563 bits per heavy atom. The first-order chi connectivity index (χ1) is 35.0. The molecule has 0 aromatic heterocycles. The Bertz CT molecular complexity index is 1500. The molecule has 0 aromatic rings. The Balaban J connectivity index is 4.49. The lowest BCUT2D eigenvalue weighted by atomic mass is 10.0. The van der Waals surface area contributed by atoms with Crippen molar-refractivity contribution >= 4 is 17.9 Å². The van der Waals surface area contributed by atoms with E-state index in [2.05, 4.69) is 142 Å². The summed E-state index contributed by atoms with van der Waals surface area (Å²) in [6.07, 6.45) is 80.6. The molecule has 6 nitrogen and oxygen atoms in total. The van der Waals surface area contributed by atoms with Gasteiger partial charge in [0.1, 0.15) is 13.2 Å². The smallest absolute Gasteiger partial charge is 0.306 e. The molecule has 0 aliphatic carbocycles. The average molecular weight is 984 g/mol. The fraction of sp³-hybridized carbons (Fsp3) is 0.646. The zero-order chi connectivity index (χ0) is 51.4. The van der Waals surface area contributed by atoms with E-state index in [1.165, 1.54) is 103 Å². The van der Waals surface area contributed by atoms with Gasteiger partial charge in [0, 0.05) is 19.3 Å². The standard InChI is InChI=1S/C65H106O6/c1-4-7-10-13-16-19-22-25-28-30-31-32-33-35-38-40-43-46-49-52-55-58-64(67)70-61-62(71-65(68)59-56-53-50-47-44-41-36-27-24-21-18-15-12-9-6-3)60-69-63(66)57-54-51-48-45-42-39-37-34-29-26-23-20-17-14-11-8-5-2/h8-9,11-12,17-18,20-21,25-29,36-37,39,44-45,47-48,62H,4-7,10,13-16,19,22-24,30-35,38,40-43,46,49-61H2,1-3H3/b11-8-,12-9-,20-17-,21-18-,28-25-,29-26-,36-27-,39-37-,47-44-,48-45-/t62-/m1/s1. The monoisotopic (exact) mass is 983 g/mol. The predicted molar refractivity (Wildman–Crippen MR) is 306 cm³/mol. The van der Waals surface area contributed by atoms with Gasteiger partial charge in [-0.25, -0.2) is 0 Å². The highest BCUT2D eigenvalue weighted by Crippen LogP contribution is 2.14. The van der Waals surface area contributed by atoms with Gasteiger partial charge in [-0.05, 0) is 122 Å². The molecule has 0 saturated heterocycles. The van der Waals surface area contributed by atoms with Gasteiger partial charge in [0.25, 0.3) is 0 Å². The molecule has 1 atom stereocenters. The number of unbranched alkanes of at least 4 members (excludes halogenated alkanes) is 20. The summed E-state index contributed by atoms with van der Waals surface area (Å²) in [7, 11) is 0. The van der Waals surface area contributed by atoms with Crippen molar-refractivity contribution in [3.63, 3.8) is 0 Å². The summed E-state index contributed by atoms with van der Waals surface area (Å²) in [5.74, 6) is -1.02. The number of hydrogen-bond donors (Lipinski definition) is 0. The van der Waals surface area contributed by atoms with Crippen molar-refractivity contribution in [3.05, 3.63) is 122 Å². The molecule has 0 fully saturated rings. The quantitative estimate of drug-likeness (QED) is 0.0261. The van der Waals surface area contributed by atoms with E-state index in [1.807, 2.05) is 0 Å². The summed E-state index contributed by atoms with van der Waals surface area (Å²) in [6, 6.07) is 0. The molecule has 6 heteroatoms. The zero-order valence-corrected chi connectivity index (χ0v) is 45.9. The van der Waals surface area contributed by atoms with E-state index < -0.39 is 6.10 Å². The van der Waals surface area contributed by atoms with Gasteiger partial charge in [-0.2, -0.15) is 0 Å². The molecule has 0 aliphatic heterocycles. The number of allylic oxidation sites excluding steroid dienone is 20. The summed E-state index contributed by atoms with van der Waals surface area (Å²) in [6.45, 7) is 6.32. The second-order valence-corrected chi connectivity index (χ2v) is 18.8. The highest BCUT2D eigenvalue weighted by molar-refractivity contribution is 5.71. The van der Waals surface area contributed by atoms with Gasteiger partial charge < -0.3 is 14.2 Å². The van der Waals surface area contributed by atoms with Crippen molar-refractivity contribution in [2.24, 2.45) is 0 Å². The van der Waals surface area contributed by atoms with Crippen LogP contribution in [0.15, 0.2) is 122 Å². The fourth-order valence-electron chi connectivity index (χ4n) is 7.64. The van der Waals surface area contributed by atoms with E-state index in [0.29, 0.717) is 19.3 Å². The van der Waals surface area contributed by atoms with Gasteiger partial charge >= 0.3 is 17.9 Å². The number of carbonyl (C=O) groups is 3. The van der Waals surface area contributed by atoms with Crippen LogP contribution in [0.5, 0.6) is 0 Å². The molecule has 0 heterocycles. The predicted octanol–water partition coefficient (Wildman–Crippen LogP) is 19.6. The van der Waals surface area contributed by atoms with Crippen LogP contribution in [0.4, 0.5) is 0 Å². The summed E-state index contributed by atoms with van der Waals surface area (Å²) >= 11 is 0. The Hall–Kier alpha value is -4.19. The van der Waals surface area contributed by atoms with Gasteiger partial charge in [-0.15, -0.1) is 0 Å². The number of esters is 3. The largest absolute Gasteiger partial charge is 0.462 e. The van der Waals surface area contributed by atoms with E-state index >= 15 is 0 Å². The molecule has 0 rings (SSSR count). The van der Waals surface area contributed by atoms with Crippen LogP contribution in [0.2, 0.25) is 0 Å². The lowest BCUT2D eigenvalue weighted by molar-refractivity contribution is -0.167. The van der Waals surface area contributed by atoms with Gasteiger partial charge in [0.05, 0.1) is 0 Å². The first kappa shape index (κ1) is 66.8. The summed E-state index contributed by atoms with van der Waals surface area (Å²) in [4.78, 5) is 38.1. The second kappa shape index (κ2) is 58.4. The fourth-order valence-corrected chi connectivity index (χ4v) is 7.64. The van der Waals surface area contributed by atoms with Crippen LogP contribution in [-0.2, 0) is 28.6 Å². The molecule has 0 aromatic carbocycles. The Morgan fingerprint density at radius 3 is 0.958 bits per heavy atom. The van der Waals surface area contributed by atoms with Gasteiger partial charge in [0.2, 0.25) is 0 Å². The SMILES string of the molecule is CC/C=C\C/C=C\C/C=C\C/C=C\C/C=C\CCCC(=O)OC[C@H](COC(=O)CCCCCCCCCCCCC/C=C\CCCCCCCC)OC(=O)CCCC/C=C\C/C=C\C/C=C\C/C=C\CC. The van der Waals surface area contributed by atoms with E-state index in [0.717, 1.165) is 96.3 Å². The van der Waals surface area contributed by atoms with Crippen LogP contribution >= 0.6 is 0 Å². The first-order valence-corrected chi connectivity index (χ1v) is 29.0. The Labute approximate surface area is 437 Å². The lowest BCUT2D eigenvalue weighted by Gasteiger charge is -2.18. The van der Waals surface area contributed by atoms with Crippen molar-refractivity contribution in [1.82, 2.24) is 0 Å². The minimum atomic E-state index is -0.827. The summed E-state index contributed by atoms with van der Waals surface area (Å²) in [5, 5.41) is 0. The average Bonchev–Trinajstić information content (AvgIpc) is 3.37. The second-order valence-electron chi connectivity index (χ2n) is 18.8. The van der Waals surface area contributed by atoms with Crippen LogP contribution in [0.25, 0.3) is 0 Å². The van der Waals surface area contributed by atoms with Crippen molar-refractivity contribution in [1.29, 1.82) is 0 Å². The maximum Gasteiger partial charge on any atom is 0.306 e. The number of hydrogen-bond acceptors (Lipinski definition) is 6. The van der Waals surface area contributed by atoms with E-state index in [9.17, 15) is 14.4 Å². The Morgan fingerprint density at radius 1 is 0.296 bits per heavy atom. The zero-order valence-electron chi connectivity index (χ0n) is 45.9. The number of rotatable bonds is 51. The normalized spacial score (nSPS) is 13.0. The molecule has 0 spiro atoms. The molecular formula is C65H106O6. The molecule has 0 saturated carbocycles. The van der Waals surface area contributed by atoms with Crippen LogP contribution < -0.4 is 0 Å². The van der Waals surface area contributed by atoms with E-state index in [-0.39, 0.29) is 44.0 Å². The minimum absolute atomic E-state index is 0.115.